The van der Waals surface area contributed by atoms with Crippen LogP contribution in [0.25, 0.3) is 0 Å². The second-order valence-electron chi connectivity index (χ2n) is 31.0. The van der Waals surface area contributed by atoms with Crippen molar-refractivity contribution in [2.45, 2.75) is 120 Å². The monoisotopic (exact) mass is 2050 g/mol. The van der Waals surface area contributed by atoms with Gasteiger partial charge in [-0.15, -0.1) is 0 Å². The molecule has 12 amide bonds. The Balaban J connectivity index is 1.20. The summed E-state index contributed by atoms with van der Waals surface area (Å²) in [6.45, 7) is 3.31. The van der Waals surface area contributed by atoms with Crippen LogP contribution in [0, 0.1) is 11.8 Å². The zero-order chi connectivity index (χ0) is 101. The number of carbonyl (C=O) groups is 15. The first-order valence-corrected chi connectivity index (χ1v) is 48.7. The third kappa shape index (κ3) is 69.6. The normalized spacial score (nSPS) is 13.3. The van der Waals surface area contributed by atoms with E-state index in [0.29, 0.717) is 25.9 Å². The number of carbonyl (C=O) groups excluding carboxylic acids is 13. The third-order valence-electron chi connectivity index (χ3n) is 19.7. The smallest absolute Gasteiger partial charge is 0.337 e. The number of nitrogens with one attached hydrogen (secondary N) is 12. The maximum Gasteiger partial charge on any atom is 0.337 e. The lowest BCUT2D eigenvalue weighted by Crippen LogP contribution is -2.44. The van der Waals surface area contributed by atoms with Crippen molar-refractivity contribution >= 4 is 122 Å². The van der Waals surface area contributed by atoms with Gasteiger partial charge in [0, 0.05) is 108 Å². The van der Waals surface area contributed by atoms with Crippen molar-refractivity contribution < 1.29 is 176 Å². The van der Waals surface area contributed by atoms with Crippen LogP contribution in [0.2, 0.25) is 10.0 Å². The molecule has 2 fully saturated rings. The molecule has 3 rings (SSSR count). The molecule has 2 aliphatic carbocycles. The van der Waals surface area contributed by atoms with Crippen molar-refractivity contribution in [3.05, 3.63) is 22.2 Å². The molecule has 1 aromatic rings. The van der Waals surface area contributed by atoms with Crippen LogP contribution in [0.3, 0.4) is 0 Å². The van der Waals surface area contributed by atoms with Crippen molar-refractivity contribution in [3.63, 3.8) is 0 Å². The Hall–Kier alpha value is -8.92. The molecule has 53 heteroatoms. The molecule has 139 heavy (non-hydrogen) atoms. The second kappa shape index (κ2) is 81.6. The van der Waals surface area contributed by atoms with Crippen molar-refractivity contribution in [3.8, 4) is 5.75 Å². The predicted octanol–water partition coefficient (Wildman–Crippen LogP) is -3.48. The van der Waals surface area contributed by atoms with Crippen LogP contribution in [-0.2, 0) is 158 Å². The first-order chi connectivity index (χ1) is 67.1. The molecule has 0 saturated heterocycles. The standard InChI is InChI=1S/C86H143Cl2N13O37S/c87-66-53-67(88)82(70(54-66)139(119,120)121)138-81(112)63-137-52-44-129-36-26-98-80(111)62-136-51-43-128-35-25-97-79(110)61-135-50-42-127-34-24-96-78(109)60-134-49-39-124-31-21-93-73(104)55-101(27-7-17-89-74(105)56-130-45-40-125-32-22-94-76(107)58-132-47-37-122-29-19-91-71(102)15-13-68(85(115)116)99-83(113)64-9-3-1-4-10-64)28-8-18-90-75(106)57-131-46-41-126-33-23-95-77(108)59-133-48-38-123-30-20-92-72(103)16-14-69(86(117)118)100-84(114)65-11-5-2-6-12-65/h53-54,64-65,68-69H,1-52,55-63H2,(H,89,105)(H,90,106)(H,91,102)(H,92,103)(H,93,104)(H,94,107)(H,95,108)(H,96,109)(H,97,110)(H,98,111)(H,99,113)(H,100,114)(H,115,116)(H,117,118)(H,119,120,121)/t68-,69-/m0/s1. The summed E-state index contributed by atoms with van der Waals surface area (Å²) >= 11 is 11.7. The number of amides is 12. The molecule has 0 aliphatic heterocycles. The summed E-state index contributed by atoms with van der Waals surface area (Å²) in [6.07, 6.45) is 9.35. The van der Waals surface area contributed by atoms with E-state index in [0.717, 1.165) is 76.3 Å². The van der Waals surface area contributed by atoms with Gasteiger partial charge in [0.15, 0.2) is 5.75 Å². The van der Waals surface area contributed by atoms with E-state index in [1.54, 1.807) is 0 Å². The fourth-order valence-corrected chi connectivity index (χ4v) is 14.0. The number of aliphatic carboxylic acids is 2. The van der Waals surface area contributed by atoms with E-state index in [4.69, 9.17) is 104 Å². The van der Waals surface area contributed by atoms with E-state index >= 15 is 0 Å². The van der Waals surface area contributed by atoms with Gasteiger partial charge in [0.25, 0.3) is 10.1 Å². The summed E-state index contributed by atoms with van der Waals surface area (Å²) in [5.74, 6) is -8.78. The van der Waals surface area contributed by atoms with E-state index in [1.165, 1.54) is 0 Å². The van der Waals surface area contributed by atoms with Crippen LogP contribution in [-0.4, -0.2) is 425 Å². The molecule has 0 spiro atoms. The van der Waals surface area contributed by atoms with Crippen LogP contribution in [0.1, 0.15) is 103 Å². The van der Waals surface area contributed by atoms with E-state index in [1.807, 2.05) is 4.90 Å². The van der Waals surface area contributed by atoms with E-state index in [9.17, 15) is 95.1 Å². The van der Waals surface area contributed by atoms with E-state index < -0.39 is 69.2 Å². The first kappa shape index (κ1) is 124. The molecule has 0 heterocycles. The quantitative estimate of drug-likeness (QED) is 0.0130. The SMILES string of the molecule is O=C(CC[C@H](NC(=O)C1CCCCC1)C(=O)O)NCCOCCOCC(=O)NCCOCCOCC(=O)NCCCN(CCCNC(=O)COCCOCCNC(=O)COCCOCCNC(=O)CC[C@H](NC(=O)C1CCCCC1)C(=O)O)CC(=O)NCCOCCOCC(=O)NCCOCCOCC(=O)NCCOCCOCC(=O)NCCOCCOCC(=O)Oc1c(Cl)cc(Cl)cc1S(=O)(=O)O. The highest BCUT2D eigenvalue weighted by Crippen LogP contribution is 2.36. The summed E-state index contributed by atoms with van der Waals surface area (Å²) in [7, 11) is -4.81. The maximum atomic E-state index is 13.1. The molecule has 50 nitrogen and oxygen atoms in total. The zero-order valence-corrected chi connectivity index (χ0v) is 81.3. The maximum absolute atomic E-state index is 13.1. The molecule has 15 N–H and O–H groups in total. The highest BCUT2D eigenvalue weighted by molar-refractivity contribution is 7.86. The molecule has 1 aromatic carbocycles. The van der Waals surface area contributed by atoms with Gasteiger partial charge in [0.2, 0.25) is 70.9 Å². The van der Waals surface area contributed by atoms with Gasteiger partial charge in [-0.1, -0.05) is 61.7 Å². The summed E-state index contributed by atoms with van der Waals surface area (Å²) in [5, 5.41) is 50.6. The number of hydrogen-bond donors (Lipinski definition) is 15. The fourth-order valence-electron chi connectivity index (χ4n) is 12.6. The van der Waals surface area contributed by atoms with E-state index in [2.05, 4.69) is 63.8 Å². The minimum atomic E-state index is -4.81. The topological polar surface area (TPSA) is 655 Å². The molecule has 0 bridgehead atoms. The molecular weight excluding hydrogens is 1910 g/mol. The number of hydrogen-bond acceptors (Lipinski definition) is 35. The Morgan fingerprint density at radius 2 is 0.583 bits per heavy atom. The molecule has 794 valence electrons. The van der Waals surface area contributed by atoms with Gasteiger partial charge in [-0.25, -0.2) is 14.4 Å². The van der Waals surface area contributed by atoms with Crippen LogP contribution >= 0.6 is 23.2 Å². The number of benzene rings is 1. The summed E-state index contributed by atoms with van der Waals surface area (Å²) in [4.78, 5) is 185. The molecule has 0 unspecified atom stereocenters. The van der Waals surface area contributed by atoms with Gasteiger partial charge in [-0.3, -0.25) is 67.0 Å². The van der Waals surface area contributed by atoms with Gasteiger partial charge in [0.05, 0.1) is 170 Å². The van der Waals surface area contributed by atoms with Crippen LogP contribution in [0.4, 0.5) is 0 Å². The summed E-state index contributed by atoms with van der Waals surface area (Å²) in [5.41, 5.74) is 0. The Morgan fingerprint density at radius 1 is 0.331 bits per heavy atom. The lowest BCUT2D eigenvalue weighted by Gasteiger charge is -2.23. The van der Waals surface area contributed by atoms with Gasteiger partial charge < -0.3 is 155 Å². The molecule has 0 radical (unpaired) electrons. The highest BCUT2D eigenvalue weighted by Gasteiger charge is 2.30. The molecular formula is C86H143Cl2N13O37S. The van der Waals surface area contributed by atoms with Gasteiger partial charge in [-0.2, -0.15) is 8.42 Å². The average molecular weight is 2050 g/mol. The highest BCUT2D eigenvalue weighted by atomic mass is 35.5. The summed E-state index contributed by atoms with van der Waals surface area (Å²) < 4.78 is 124. The number of rotatable bonds is 88. The van der Waals surface area contributed by atoms with Crippen LogP contribution in [0.15, 0.2) is 17.0 Å². The number of carboxylic acids is 2. The molecule has 0 aromatic heterocycles. The predicted molar refractivity (Wildman–Crippen MR) is 492 cm³/mol. The zero-order valence-electron chi connectivity index (χ0n) is 78.9. The lowest BCUT2D eigenvalue weighted by atomic mass is 9.88. The van der Waals surface area contributed by atoms with Crippen molar-refractivity contribution in [1.29, 1.82) is 0 Å². The third-order valence-corrected chi connectivity index (χ3v) is 21.0. The first-order valence-electron chi connectivity index (χ1n) is 46.5. The van der Waals surface area contributed by atoms with Crippen LogP contribution < -0.4 is 68.5 Å². The van der Waals surface area contributed by atoms with Gasteiger partial charge in [0.1, 0.15) is 69.8 Å². The average Bonchev–Trinajstić information content (AvgIpc) is 0.800. The van der Waals surface area contributed by atoms with Crippen molar-refractivity contribution in [2.24, 2.45) is 11.8 Å². The van der Waals surface area contributed by atoms with E-state index in [-0.39, 0.29) is 383 Å². The van der Waals surface area contributed by atoms with Gasteiger partial charge >= 0.3 is 17.9 Å². The summed E-state index contributed by atoms with van der Waals surface area (Å²) in [6, 6.07) is -0.323. The molecule has 2 atom stereocenters. The Kier molecular flexibility index (Phi) is 72.9. The second-order valence-corrected chi connectivity index (χ2v) is 33.2. The Labute approximate surface area is 818 Å². The molecule has 2 saturated carbocycles. The minimum Gasteiger partial charge on any atom is -0.480 e. The fraction of sp³-hybridized carbons (Fsp3) is 0.756. The van der Waals surface area contributed by atoms with Crippen molar-refractivity contribution in [2.75, 3.05) is 297 Å². The number of ether oxygens (including phenoxy) is 17. The molecule has 2 aliphatic rings. The van der Waals surface area contributed by atoms with Gasteiger partial charge in [-0.05, 0) is 63.5 Å². The Bertz CT molecular complexity index is 3700. The minimum absolute atomic E-state index is 0.0172. The largest absolute Gasteiger partial charge is 0.480 e. The number of esters is 1. The van der Waals surface area contributed by atoms with Crippen LogP contribution in [0.5, 0.6) is 5.75 Å². The lowest BCUT2D eigenvalue weighted by molar-refractivity contribution is -0.143. The number of halogens is 2. The number of nitrogens with zero attached hydrogens (tertiary/aromatic N) is 1. The number of carboxylic acid groups (broad SMARTS) is 2. The Morgan fingerprint density at radius 3 is 0.856 bits per heavy atom. The van der Waals surface area contributed by atoms with Crippen molar-refractivity contribution in [1.82, 2.24) is 68.7 Å².